The van der Waals surface area contributed by atoms with Crippen molar-refractivity contribution in [1.82, 2.24) is 0 Å². The maximum atomic E-state index is 12.4. The summed E-state index contributed by atoms with van der Waals surface area (Å²) in [5, 5.41) is 9.33. The van der Waals surface area contributed by atoms with Crippen molar-refractivity contribution in [2.75, 3.05) is 0 Å². The number of ketones is 1. The third-order valence-corrected chi connectivity index (χ3v) is 4.34. The van der Waals surface area contributed by atoms with E-state index >= 15 is 0 Å². The Bertz CT molecular complexity index is 532. The van der Waals surface area contributed by atoms with Gasteiger partial charge in [0.25, 0.3) is 0 Å². The lowest BCUT2D eigenvalue weighted by atomic mass is 9.79. The number of Topliss-reactive ketones (excluding diaryl/α,β-unsaturated/α-hetero) is 1. The van der Waals surface area contributed by atoms with Gasteiger partial charge in [-0.3, -0.25) is 9.59 Å². The molecule has 0 amide bonds. The average molecular weight is 256 g/mol. The predicted molar refractivity (Wildman–Crippen MR) is 70.5 cm³/mol. The molecule has 0 aliphatic heterocycles. The van der Waals surface area contributed by atoms with E-state index in [1.54, 1.807) is 0 Å². The summed E-state index contributed by atoms with van der Waals surface area (Å²) in [4.78, 5) is 23.8. The molecule has 2 aliphatic carbocycles. The van der Waals surface area contributed by atoms with Crippen LogP contribution in [0.15, 0.2) is 42.5 Å². The van der Waals surface area contributed by atoms with E-state index < -0.39 is 11.9 Å². The van der Waals surface area contributed by atoms with Crippen molar-refractivity contribution < 1.29 is 14.7 Å². The Morgan fingerprint density at radius 2 is 1.68 bits per heavy atom. The van der Waals surface area contributed by atoms with E-state index in [2.05, 4.69) is 0 Å². The normalized spacial score (nSPS) is 31.6. The third kappa shape index (κ3) is 2.09. The molecule has 2 bridgehead atoms. The van der Waals surface area contributed by atoms with Gasteiger partial charge in [-0.2, -0.15) is 0 Å². The number of carbonyl (C=O) groups is 2. The van der Waals surface area contributed by atoms with E-state index in [9.17, 15) is 14.7 Å². The lowest BCUT2D eigenvalue weighted by molar-refractivity contribution is -0.147. The summed E-state index contributed by atoms with van der Waals surface area (Å²) >= 11 is 0. The lowest BCUT2D eigenvalue weighted by Crippen LogP contribution is -2.33. The molecule has 98 valence electrons. The second-order valence-corrected chi connectivity index (χ2v) is 5.47. The first kappa shape index (κ1) is 12.2. The van der Waals surface area contributed by atoms with Crippen LogP contribution in [0, 0.1) is 23.7 Å². The van der Waals surface area contributed by atoms with Crippen LogP contribution in [0.1, 0.15) is 12.0 Å². The van der Waals surface area contributed by atoms with Crippen molar-refractivity contribution in [3.63, 3.8) is 0 Å². The van der Waals surface area contributed by atoms with Crippen LogP contribution in [0.25, 0.3) is 0 Å². The Labute approximate surface area is 111 Å². The predicted octanol–water partition coefficient (Wildman–Crippen LogP) is 2.32. The molecule has 1 aromatic carbocycles. The fourth-order valence-corrected chi connectivity index (χ4v) is 3.51. The van der Waals surface area contributed by atoms with Crippen molar-refractivity contribution in [1.29, 1.82) is 0 Å². The fourth-order valence-electron chi connectivity index (χ4n) is 3.51. The largest absolute Gasteiger partial charge is 0.481 e. The highest BCUT2D eigenvalue weighted by Gasteiger charge is 2.51. The van der Waals surface area contributed by atoms with Gasteiger partial charge in [-0.1, -0.05) is 42.5 Å². The van der Waals surface area contributed by atoms with E-state index in [0.717, 1.165) is 12.0 Å². The van der Waals surface area contributed by atoms with Gasteiger partial charge in [0, 0.05) is 12.3 Å². The van der Waals surface area contributed by atoms with E-state index in [1.165, 1.54) is 0 Å². The summed E-state index contributed by atoms with van der Waals surface area (Å²) in [5.41, 5.74) is 0.961. The van der Waals surface area contributed by atoms with E-state index in [1.807, 2.05) is 42.5 Å². The summed E-state index contributed by atoms with van der Waals surface area (Å²) in [6.45, 7) is 0. The number of aliphatic carboxylic acids is 1. The lowest BCUT2D eigenvalue weighted by Gasteiger charge is -2.23. The van der Waals surface area contributed by atoms with Gasteiger partial charge in [0.15, 0.2) is 0 Å². The molecule has 0 aromatic heterocycles. The molecule has 0 spiro atoms. The van der Waals surface area contributed by atoms with Crippen molar-refractivity contribution in [3.8, 4) is 0 Å². The van der Waals surface area contributed by atoms with Gasteiger partial charge >= 0.3 is 5.97 Å². The van der Waals surface area contributed by atoms with Gasteiger partial charge in [-0.15, -0.1) is 0 Å². The molecule has 1 aromatic rings. The van der Waals surface area contributed by atoms with Crippen LogP contribution in [0.4, 0.5) is 0 Å². The van der Waals surface area contributed by atoms with Crippen molar-refractivity contribution in [3.05, 3.63) is 48.0 Å². The number of benzene rings is 1. The second kappa shape index (κ2) is 4.65. The van der Waals surface area contributed by atoms with Crippen molar-refractivity contribution >= 4 is 11.8 Å². The number of hydrogen-bond acceptors (Lipinski definition) is 2. The molecule has 3 rings (SSSR count). The number of fused-ring (bicyclic) bond motifs is 2. The standard InChI is InChI=1S/C16H16O3/c17-13(8-10-4-2-1-3-5-10)14-11-6-7-12(9-11)15(14)16(18)19/h1-7,11-12,14-15H,8-9H2,(H,18,19). The molecule has 4 unspecified atom stereocenters. The Hall–Kier alpha value is -1.90. The molecular weight excluding hydrogens is 240 g/mol. The first-order valence-corrected chi connectivity index (χ1v) is 6.64. The summed E-state index contributed by atoms with van der Waals surface area (Å²) in [7, 11) is 0. The molecule has 0 saturated heterocycles. The van der Waals surface area contributed by atoms with Gasteiger partial charge in [0.05, 0.1) is 5.92 Å². The fraction of sp³-hybridized carbons (Fsp3) is 0.375. The summed E-state index contributed by atoms with van der Waals surface area (Å²) in [6, 6.07) is 9.54. The zero-order valence-corrected chi connectivity index (χ0v) is 10.5. The highest BCUT2D eigenvalue weighted by atomic mass is 16.4. The number of allylic oxidation sites excluding steroid dienone is 2. The summed E-state index contributed by atoms with van der Waals surface area (Å²) in [5.74, 6) is -1.45. The van der Waals surface area contributed by atoms with Crippen molar-refractivity contribution in [2.24, 2.45) is 23.7 Å². The molecule has 1 fully saturated rings. The first-order valence-electron chi connectivity index (χ1n) is 6.64. The SMILES string of the molecule is O=C(O)C1C2C=CC(C2)C1C(=O)Cc1ccccc1. The third-order valence-electron chi connectivity index (χ3n) is 4.34. The molecular formula is C16H16O3. The maximum Gasteiger partial charge on any atom is 0.307 e. The molecule has 1 N–H and O–H groups in total. The Kier molecular flexibility index (Phi) is 2.97. The minimum atomic E-state index is -0.830. The van der Waals surface area contributed by atoms with Gasteiger partial charge in [-0.05, 0) is 23.8 Å². The van der Waals surface area contributed by atoms with Gasteiger partial charge < -0.3 is 5.11 Å². The Morgan fingerprint density at radius 1 is 1.05 bits per heavy atom. The summed E-state index contributed by atoms with van der Waals surface area (Å²) in [6.07, 6.45) is 5.15. The molecule has 4 atom stereocenters. The molecule has 3 nitrogen and oxygen atoms in total. The topological polar surface area (TPSA) is 54.4 Å². The van der Waals surface area contributed by atoms with E-state index in [0.29, 0.717) is 6.42 Å². The van der Waals surface area contributed by atoms with Crippen LogP contribution in [0.2, 0.25) is 0 Å². The zero-order valence-electron chi connectivity index (χ0n) is 10.5. The molecule has 3 heteroatoms. The van der Waals surface area contributed by atoms with E-state index in [-0.39, 0.29) is 23.5 Å². The van der Waals surface area contributed by atoms with Crippen LogP contribution in [0.5, 0.6) is 0 Å². The molecule has 2 aliphatic rings. The number of rotatable bonds is 4. The highest BCUT2D eigenvalue weighted by Crippen LogP contribution is 2.48. The smallest absolute Gasteiger partial charge is 0.307 e. The van der Waals surface area contributed by atoms with Gasteiger partial charge in [0.1, 0.15) is 5.78 Å². The number of hydrogen-bond donors (Lipinski definition) is 1. The quantitative estimate of drug-likeness (QED) is 0.841. The second-order valence-electron chi connectivity index (χ2n) is 5.47. The Morgan fingerprint density at radius 3 is 2.32 bits per heavy atom. The highest BCUT2D eigenvalue weighted by molar-refractivity contribution is 5.89. The Balaban J connectivity index is 1.79. The first-order chi connectivity index (χ1) is 9.16. The van der Waals surface area contributed by atoms with E-state index in [4.69, 9.17) is 0 Å². The van der Waals surface area contributed by atoms with Crippen LogP contribution in [0.3, 0.4) is 0 Å². The zero-order chi connectivity index (χ0) is 13.4. The number of carboxylic acid groups (broad SMARTS) is 1. The van der Waals surface area contributed by atoms with Gasteiger partial charge in [-0.25, -0.2) is 0 Å². The van der Waals surface area contributed by atoms with Crippen LogP contribution < -0.4 is 0 Å². The van der Waals surface area contributed by atoms with Gasteiger partial charge in [0.2, 0.25) is 0 Å². The monoisotopic (exact) mass is 256 g/mol. The minimum absolute atomic E-state index is 0.0484. The molecule has 0 heterocycles. The number of carbonyl (C=O) groups excluding carboxylic acids is 1. The maximum absolute atomic E-state index is 12.4. The van der Waals surface area contributed by atoms with Crippen LogP contribution >= 0.6 is 0 Å². The molecule has 19 heavy (non-hydrogen) atoms. The molecule has 1 saturated carbocycles. The van der Waals surface area contributed by atoms with Crippen LogP contribution in [-0.4, -0.2) is 16.9 Å². The summed E-state index contributed by atoms with van der Waals surface area (Å²) < 4.78 is 0. The number of carboxylic acids is 1. The van der Waals surface area contributed by atoms with Crippen LogP contribution in [-0.2, 0) is 16.0 Å². The minimum Gasteiger partial charge on any atom is -0.481 e. The average Bonchev–Trinajstić information content (AvgIpc) is 2.99. The molecule has 0 radical (unpaired) electrons. The van der Waals surface area contributed by atoms with Crippen molar-refractivity contribution in [2.45, 2.75) is 12.8 Å².